The van der Waals surface area contributed by atoms with Crippen molar-refractivity contribution in [3.05, 3.63) is 69.6 Å². The molecule has 2 aromatic heterocycles. The number of nitriles is 1. The van der Waals surface area contributed by atoms with Crippen LogP contribution in [0.1, 0.15) is 23.6 Å². The smallest absolute Gasteiger partial charge is 0.251 e. The summed E-state index contributed by atoms with van der Waals surface area (Å²) in [6.45, 7) is 4.41. The van der Waals surface area contributed by atoms with Gasteiger partial charge in [0.1, 0.15) is 11.9 Å². The summed E-state index contributed by atoms with van der Waals surface area (Å²) in [7, 11) is 0. The summed E-state index contributed by atoms with van der Waals surface area (Å²) in [4.78, 5) is 21.7. The molecule has 0 bridgehead atoms. The minimum absolute atomic E-state index is 0.0382. The van der Waals surface area contributed by atoms with Gasteiger partial charge < -0.3 is 9.72 Å². The molecule has 4 rings (SSSR count). The Bertz CT molecular complexity index is 1060. The molecule has 1 saturated heterocycles. The van der Waals surface area contributed by atoms with E-state index in [0.717, 1.165) is 47.5 Å². The fourth-order valence-corrected chi connectivity index (χ4v) is 3.30. The SMILES string of the molecule is CCc1cc2ncc(CN3CC(Oc4ccc(C#N)cc4)C3)cc2[nH]c1=O. The fourth-order valence-electron chi connectivity index (χ4n) is 3.30. The van der Waals surface area contributed by atoms with Crippen molar-refractivity contribution in [1.29, 1.82) is 5.26 Å². The molecule has 1 aliphatic rings. The molecule has 0 radical (unpaired) electrons. The minimum atomic E-state index is -0.0382. The van der Waals surface area contributed by atoms with Gasteiger partial charge in [-0.3, -0.25) is 14.7 Å². The van der Waals surface area contributed by atoms with Gasteiger partial charge in [-0.25, -0.2) is 0 Å². The molecule has 3 aromatic rings. The van der Waals surface area contributed by atoms with Crippen molar-refractivity contribution < 1.29 is 4.74 Å². The van der Waals surface area contributed by atoms with Crippen molar-refractivity contribution in [1.82, 2.24) is 14.9 Å². The van der Waals surface area contributed by atoms with Crippen LogP contribution in [0.15, 0.2) is 47.4 Å². The molecule has 27 heavy (non-hydrogen) atoms. The number of ether oxygens (including phenoxy) is 1. The Kier molecular flexibility index (Phi) is 4.61. The van der Waals surface area contributed by atoms with Crippen LogP contribution in [0.5, 0.6) is 5.75 Å². The molecule has 0 spiro atoms. The number of aromatic amines is 1. The van der Waals surface area contributed by atoms with E-state index in [0.29, 0.717) is 12.0 Å². The number of pyridine rings is 2. The zero-order valence-corrected chi connectivity index (χ0v) is 15.1. The van der Waals surface area contributed by atoms with Crippen molar-refractivity contribution in [2.24, 2.45) is 0 Å². The zero-order chi connectivity index (χ0) is 18.8. The van der Waals surface area contributed by atoms with Gasteiger partial charge in [-0.2, -0.15) is 5.26 Å². The second kappa shape index (κ2) is 7.22. The maximum absolute atomic E-state index is 12.0. The number of H-pyrrole nitrogens is 1. The quantitative estimate of drug-likeness (QED) is 0.756. The van der Waals surface area contributed by atoms with Crippen molar-refractivity contribution in [3.8, 4) is 11.8 Å². The number of hydrogen-bond donors (Lipinski definition) is 1. The number of nitrogens with zero attached hydrogens (tertiary/aromatic N) is 3. The molecule has 1 N–H and O–H groups in total. The van der Waals surface area contributed by atoms with Crippen LogP contribution >= 0.6 is 0 Å². The lowest BCUT2D eigenvalue weighted by Gasteiger charge is -2.39. The Hall–Kier alpha value is -3.17. The van der Waals surface area contributed by atoms with E-state index in [1.54, 1.807) is 12.1 Å². The highest BCUT2D eigenvalue weighted by molar-refractivity contribution is 5.74. The summed E-state index contributed by atoms with van der Waals surface area (Å²) in [6, 6.07) is 13.1. The molecule has 0 saturated carbocycles. The second-order valence-electron chi connectivity index (χ2n) is 6.82. The first-order chi connectivity index (χ1) is 13.1. The van der Waals surface area contributed by atoms with Crippen LogP contribution in [0.3, 0.4) is 0 Å². The lowest BCUT2D eigenvalue weighted by atomic mass is 10.1. The molecule has 6 heteroatoms. The minimum Gasteiger partial charge on any atom is -0.488 e. The monoisotopic (exact) mass is 360 g/mol. The number of benzene rings is 1. The topological polar surface area (TPSA) is 82.0 Å². The predicted molar refractivity (Wildman–Crippen MR) is 103 cm³/mol. The van der Waals surface area contributed by atoms with Gasteiger partial charge in [0.15, 0.2) is 0 Å². The van der Waals surface area contributed by atoms with E-state index in [1.807, 2.05) is 37.4 Å². The summed E-state index contributed by atoms with van der Waals surface area (Å²) in [5.74, 6) is 0.787. The third kappa shape index (κ3) is 3.69. The Morgan fingerprint density at radius 2 is 2.07 bits per heavy atom. The molecule has 1 aromatic carbocycles. The number of nitrogens with one attached hydrogen (secondary N) is 1. The lowest BCUT2D eigenvalue weighted by molar-refractivity contribution is 0.0145. The molecule has 3 heterocycles. The lowest BCUT2D eigenvalue weighted by Crippen LogP contribution is -2.53. The van der Waals surface area contributed by atoms with Gasteiger partial charge in [-0.05, 0) is 48.4 Å². The number of likely N-dealkylation sites (tertiary alicyclic amines) is 1. The number of hydrogen-bond acceptors (Lipinski definition) is 5. The van der Waals surface area contributed by atoms with Crippen LogP contribution < -0.4 is 10.3 Å². The van der Waals surface area contributed by atoms with Crippen LogP contribution in [-0.2, 0) is 13.0 Å². The highest BCUT2D eigenvalue weighted by Gasteiger charge is 2.28. The number of aromatic nitrogens is 2. The van der Waals surface area contributed by atoms with Gasteiger partial charge in [-0.1, -0.05) is 6.92 Å². The molecule has 136 valence electrons. The maximum atomic E-state index is 12.0. The van der Waals surface area contributed by atoms with Crippen molar-refractivity contribution in [2.75, 3.05) is 13.1 Å². The third-order valence-electron chi connectivity index (χ3n) is 4.82. The average molecular weight is 360 g/mol. The Balaban J connectivity index is 1.36. The number of fused-ring (bicyclic) bond motifs is 1. The van der Waals surface area contributed by atoms with Crippen LogP contribution in [-0.4, -0.2) is 34.1 Å². The zero-order valence-electron chi connectivity index (χ0n) is 15.1. The highest BCUT2D eigenvalue weighted by atomic mass is 16.5. The van der Waals surface area contributed by atoms with Crippen LogP contribution in [0, 0.1) is 11.3 Å². The van der Waals surface area contributed by atoms with Gasteiger partial charge in [0, 0.05) is 31.4 Å². The molecular weight excluding hydrogens is 340 g/mol. The normalized spacial score (nSPS) is 14.7. The molecule has 0 atom stereocenters. The van der Waals surface area contributed by atoms with Crippen molar-refractivity contribution in [3.63, 3.8) is 0 Å². The van der Waals surface area contributed by atoms with E-state index < -0.39 is 0 Å². The average Bonchev–Trinajstić information content (AvgIpc) is 2.66. The summed E-state index contributed by atoms with van der Waals surface area (Å²) < 4.78 is 5.92. The highest BCUT2D eigenvalue weighted by Crippen LogP contribution is 2.21. The van der Waals surface area contributed by atoms with Gasteiger partial charge in [0.2, 0.25) is 0 Å². The second-order valence-corrected chi connectivity index (χ2v) is 6.82. The van der Waals surface area contributed by atoms with E-state index in [1.165, 1.54) is 0 Å². The predicted octanol–water partition coefficient (Wildman–Crippen LogP) is 2.62. The Morgan fingerprint density at radius 1 is 1.30 bits per heavy atom. The first-order valence-electron chi connectivity index (χ1n) is 9.04. The van der Waals surface area contributed by atoms with E-state index in [9.17, 15) is 4.79 Å². The van der Waals surface area contributed by atoms with E-state index in [2.05, 4.69) is 20.9 Å². The molecule has 0 unspecified atom stereocenters. The first-order valence-corrected chi connectivity index (χ1v) is 9.04. The van der Waals surface area contributed by atoms with Gasteiger partial charge in [0.05, 0.1) is 22.7 Å². The number of rotatable bonds is 5. The largest absolute Gasteiger partial charge is 0.488 e. The van der Waals surface area contributed by atoms with Crippen LogP contribution in [0.4, 0.5) is 0 Å². The van der Waals surface area contributed by atoms with Crippen molar-refractivity contribution >= 4 is 11.0 Å². The summed E-state index contributed by atoms with van der Waals surface area (Å²) in [6.07, 6.45) is 2.72. The number of aryl methyl sites for hydroxylation is 1. The summed E-state index contributed by atoms with van der Waals surface area (Å²) >= 11 is 0. The summed E-state index contributed by atoms with van der Waals surface area (Å²) in [5.41, 5.74) is 4.02. The van der Waals surface area contributed by atoms with Gasteiger partial charge in [-0.15, -0.1) is 0 Å². The molecule has 0 aliphatic carbocycles. The third-order valence-corrected chi connectivity index (χ3v) is 4.82. The molecular formula is C21H20N4O2. The van der Waals surface area contributed by atoms with E-state index in [4.69, 9.17) is 10.00 Å². The Labute approximate surface area is 157 Å². The standard InChI is InChI=1S/C21H20N4O2/c1-2-16-8-19-20(24-21(16)26)7-15(10-23-19)11-25-12-18(13-25)27-17-5-3-14(9-22)4-6-17/h3-8,10,18H,2,11-13H2,1H3,(H,24,26). The fraction of sp³-hybridized carbons (Fsp3) is 0.286. The summed E-state index contributed by atoms with van der Waals surface area (Å²) in [5, 5.41) is 8.83. The van der Waals surface area contributed by atoms with Crippen LogP contribution in [0.25, 0.3) is 11.0 Å². The maximum Gasteiger partial charge on any atom is 0.251 e. The Morgan fingerprint density at radius 3 is 2.78 bits per heavy atom. The molecule has 1 aliphatic heterocycles. The molecule has 0 amide bonds. The van der Waals surface area contributed by atoms with Crippen molar-refractivity contribution in [2.45, 2.75) is 26.0 Å². The van der Waals surface area contributed by atoms with Gasteiger partial charge >= 0.3 is 0 Å². The van der Waals surface area contributed by atoms with E-state index in [-0.39, 0.29) is 11.7 Å². The van der Waals surface area contributed by atoms with Crippen LogP contribution in [0.2, 0.25) is 0 Å². The molecule has 1 fully saturated rings. The van der Waals surface area contributed by atoms with Gasteiger partial charge in [0.25, 0.3) is 5.56 Å². The molecule has 6 nitrogen and oxygen atoms in total. The van der Waals surface area contributed by atoms with E-state index >= 15 is 0 Å². The first kappa shape index (κ1) is 17.3.